The number of nitrogens with zero attached hydrogens (tertiary/aromatic N) is 1. The molecular weight excluding hydrogens is 238 g/mol. The maximum atomic E-state index is 12.4. The number of ketones is 1. The number of fused-ring (bicyclic) bond motifs is 1. The molecule has 1 unspecified atom stereocenters. The highest BCUT2D eigenvalue weighted by molar-refractivity contribution is 6.08. The molecule has 1 aromatic heterocycles. The van der Waals surface area contributed by atoms with Crippen LogP contribution in [0.2, 0.25) is 0 Å². The van der Waals surface area contributed by atoms with E-state index in [1.807, 2.05) is 30.5 Å². The SMILES string of the molecule is NCC1CCN(CC(=O)c2c[nH]c3ccccc23)C1. The Labute approximate surface area is 112 Å². The monoisotopic (exact) mass is 257 g/mol. The summed E-state index contributed by atoms with van der Waals surface area (Å²) in [6, 6.07) is 7.92. The Hall–Kier alpha value is -1.65. The molecule has 1 aromatic carbocycles. The van der Waals surface area contributed by atoms with Crippen molar-refractivity contribution in [1.82, 2.24) is 9.88 Å². The number of carbonyl (C=O) groups is 1. The molecule has 0 radical (unpaired) electrons. The van der Waals surface area contributed by atoms with Crippen LogP contribution in [0.15, 0.2) is 30.5 Å². The Balaban J connectivity index is 1.74. The zero-order valence-corrected chi connectivity index (χ0v) is 10.9. The van der Waals surface area contributed by atoms with Gasteiger partial charge in [0.15, 0.2) is 5.78 Å². The van der Waals surface area contributed by atoms with Crippen LogP contribution < -0.4 is 5.73 Å². The van der Waals surface area contributed by atoms with Crippen LogP contribution in [0.3, 0.4) is 0 Å². The molecule has 3 rings (SSSR count). The number of aromatic amines is 1. The Bertz CT molecular complexity index is 590. The van der Waals surface area contributed by atoms with Gasteiger partial charge in [0.05, 0.1) is 6.54 Å². The lowest BCUT2D eigenvalue weighted by Gasteiger charge is -2.14. The summed E-state index contributed by atoms with van der Waals surface area (Å²) in [4.78, 5) is 17.7. The van der Waals surface area contributed by atoms with Crippen LogP contribution in [-0.4, -0.2) is 41.8 Å². The summed E-state index contributed by atoms with van der Waals surface area (Å²) < 4.78 is 0. The molecular formula is C15H19N3O. The molecule has 1 aliphatic heterocycles. The van der Waals surface area contributed by atoms with Gasteiger partial charge in [-0.2, -0.15) is 0 Å². The summed E-state index contributed by atoms with van der Waals surface area (Å²) in [6.45, 7) is 3.15. The standard InChI is InChI=1S/C15H19N3O/c16-7-11-5-6-18(9-11)10-15(19)13-8-17-14-4-2-1-3-12(13)14/h1-4,8,11,17H,5-7,9-10,16H2. The number of benzene rings is 1. The van der Waals surface area contributed by atoms with Gasteiger partial charge in [0.2, 0.25) is 0 Å². The van der Waals surface area contributed by atoms with E-state index in [2.05, 4.69) is 9.88 Å². The first-order valence-corrected chi connectivity index (χ1v) is 6.79. The van der Waals surface area contributed by atoms with Crippen LogP contribution in [0.1, 0.15) is 16.8 Å². The lowest BCUT2D eigenvalue weighted by Crippen LogP contribution is -2.28. The molecule has 0 bridgehead atoms. The fourth-order valence-electron chi connectivity index (χ4n) is 2.84. The van der Waals surface area contributed by atoms with Gasteiger partial charge in [0.1, 0.15) is 0 Å². The molecule has 0 aliphatic carbocycles. The molecule has 0 amide bonds. The predicted octanol–water partition coefficient (Wildman–Crippen LogP) is 1.63. The summed E-state index contributed by atoms with van der Waals surface area (Å²) in [5.74, 6) is 0.742. The van der Waals surface area contributed by atoms with E-state index in [-0.39, 0.29) is 5.78 Å². The lowest BCUT2D eigenvalue weighted by molar-refractivity contribution is 0.0945. The van der Waals surface area contributed by atoms with E-state index < -0.39 is 0 Å². The summed E-state index contributed by atoms with van der Waals surface area (Å²) >= 11 is 0. The van der Waals surface area contributed by atoms with Crippen molar-refractivity contribution < 1.29 is 4.79 Å². The first-order valence-electron chi connectivity index (χ1n) is 6.79. The number of Topliss-reactive ketones (excluding diaryl/α,β-unsaturated/α-hetero) is 1. The fraction of sp³-hybridized carbons (Fsp3) is 0.400. The summed E-state index contributed by atoms with van der Waals surface area (Å²) in [5, 5.41) is 1.02. The number of rotatable bonds is 4. The number of H-pyrrole nitrogens is 1. The topological polar surface area (TPSA) is 62.1 Å². The van der Waals surface area contributed by atoms with Gasteiger partial charge in [-0.3, -0.25) is 9.69 Å². The number of nitrogens with one attached hydrogen (secondary N) is 1. The van der Waals surface area contributed by atoms with Gasteiger partial charge in [-0.05, 0) is 31.5 Å². The largest absolute Gasteiger partial charge is 0.360 e. The van der Waals surface area contributed by atoms with Crippen molar-refractivity contribution in [2.45, 2.75) is 6.42 Å². The first kappa shape index (κ1) is 12.4. The quantitative estimate of drug-likeness (QED) is 0.818. The molecule has 1 fully saturated rings. The number of para-hydroxylation sites is 1. The van der Waals surface area contributed by atoms with E-state index in [1.54, 1.807) is 0 Å². The number of aromatic nitrogens is 1. The smallest absolute Gasteiger partial charge is 0.178 e. The van der Waals surface area contributed by atoms with E-state index in [0.717, 1.165) is 42.5 Å². The molecule has 1 aliphatic rings. The third-order valence-corrected chi connectivity index (χ3v) is 3.96. The van der Waals surface area contributed by atoms with Gasteiger partial charge in [-0.25, -0.2) is 0 Å². The minimum atomic E-state index is 0.190. The predicted molar refractivity (Wildman–Crippen MR) is 76.2 cm³/mol. The fourth-order valence-corrected chi connectivity index (χ4v) is 2.84. The molecule has 4 nitrogen and oxygen atoms in total. The Morgan fingerprint density at radius 2 is 2.26 bits per heavy atom. The molecule has 0 saturated carbocycles. The number of carbonyl (C=O) groups excluding carboxylic acids is 1. The van der Waals surface area contributed by atoms with Crippen LogP contribution in [0.5, 0.6) is 0 Å². The van der Waals surface area contributed by atoms with E-state index in [4.69, 9.17) is 5.73 Å². The summed E-state index contributed by atoms with van der Waals surface area (Å²) in [6.07, 6.45) is 2.93. The number of likely N-dealkylation sites (tertiary alicyclic amines) is 1. The van der Waals surface area contributed by atoms with Crippen molar-refractivity contribution >= 4 is 16.7 Å². The Morgan fingerprint density at radius 1 is 1.42 bits per heavy atom. The third-order valence-electron chi connectivity index (χ3n) is 3.96. The summed E-state index contributed by atoms with van der Waals surface area (Å²) in [7, 11) is 0. The van der Waals surface area contributed by atoms with Crippen LogP contribution >= 0.6 is 0 Å². The molecule has 2 aromatic rings. The van der Waals surface area contributed by atoms with Crippen molar-refractivity contribution in [3.63, 3.8) is 0 Å². The average Bonchev–Trinajstić information content (AvgIpc) is 3.04. The van der Waals surface area contributed by atoms with Crippen LogP contribution in [-0.2, 0) is 0 Å². The molecule has 19 heavy (non-hydrogen) atoms. The normalized spacial score (nSPS) is 20.2. The van der Waals surface area contributed by atoms with E-state index in [1.165, 1.54) is 0 Å². The van der Waals surface area contributed by atoms with Crippen molar-refractivity contribution in [2.75, 3.05) is 26.2 Å². The average molecular weight is 257 g/mol. The van der Waals surface area contributed by atoms with Crippen molar-refractivity contribution in [2.24, 2.45) is 11.7 Å². The highest BCUT2D eigenvalue weighted by Gasteiger charge is 2.24. The second-order valence-electron chi connectivity index (χ2n) is 5.30. The van der Waals surface area contributed by atoms with Gasteiger partial charge in [0.25, 0.3) is 0 Å². The van der Waals surface area contributed by atoms with Crippen molar-refractivity contribution in [1.29, 1.82) is 0 Å². The van der Waals surface area contributed by atoms with Crippen LogP contribution in [0.4, 0.5) is 0 Å². The van der Waals surface area contributed by atoms with Gasteiger partial charge >= 0.3 is 0 Å². The second kappa shape index (κ2) is 5.15. The Kier molecular flexibility index (Phi) is 3.36. The highest BCUT2D eigenvalue weighted by Crippen LogP contribution is 2.20. The van der Waals surface area contributed by atoms with Gasteiger partial charge < -0.3 is 10.7 Å². The van der Waals surface area contributed by atoms with Crippen molar-refractivity contribution in [3.8, 4) is 0 Å². The maximum absolute atomic E-state index is 12.4. The number of hydrogen-bond donors (Lipinski definition) is 2. The van der Waals surface area contributed by atoms with Gasteiger partial charge in [-0.1, -0.05) is 18.2 Å². The first-order chi connectivity index (χ1) is 9.28. The van der Waals surface area contributed by atoms with Crippen molar-refractivity contribution in [3.05, 3.63) is 36.0 Å². The van der Waals surface area contributed by atoms with Crippen LogP contribution in [0.25, 0.3) is 10.9 Å². The summed E-state index contributed by atoms with van der Waals surface area (Å²) in [5.41, 5.74) is 7.50. The third kappa shape index (κ3) is 2.41. The Morgan fingerprint density at radius 3 is 3.05 bits per heavy atom. The molecule has 0 spiro atoms. The molecule has 1 atom stereocenters. The second-order valence-corrected chi connectivity index (χ2v) is 5.30. The van der Waals surface area contributed by atoms with E-state index >= 15 is 0 Å². The number of hydrogen-bond acceptors (Lipinski definition) is 3. The minimum Gasteiger partial charge on any atom is -0.360 e. The van der Waals surface area contributed by atoms with Gasteiger partial charge in [0, 0.05) is 29.2 Å². The van der Waals surface area contributed by atoms with E-state index in [9.17, 15) is 4.79 Å². The molecule has 100 valence electrons. The lowest BCUT2D eigenvalue weighted by atomic mass is 10.1. The molecule has 1 saturated heterocycles. The maximum Gasteiger partial charge on any atom is 0.178 e. The minimum absolute atomic E-state index is 0.190. The molecule has 3 N–H and O–H groups in total. The zero-order chi connectivity index (χ0) is 13.2. The van der Waals surface area contributed by atoms with Crippen LogP contribution in [0, 0.1) is 5.92 Å². The zero-order valence-electron chi connectivity index (χ0n) is 10.9. The highest BCUT2D eigenvalue weighted by atomic mass is 16.1. The van der Waals surface area contributed by atoms with Gasteiger partial charge in [-0.15, -0.1) is 0 Å². The van der Waals surface area contributed by atoms with E-state index in [0.29, 0.717) is 12.5 Å². The molecule has 4 heteroatoms. The molecule has 2 heterocycles. The number of nitrogens with two attached hydrogens (primary N) is 1.